The van der Waals surface area contributed by atoms with E-state index in [-0.39, 0.29) is 16.3 Å². The van der Waals surface area contributed by atoms with E-state index in [0.29, 0.717) is 22.5 Å². The van der Waals surface area contributed by atoms with Gasteiger partial charge in [0, 0.05) is 17.1 Å². The van der Waals surface area contributed by atoms with E-state index in [2.05, 4.69) is 5.10 Å². The number of methoxy groups -OCH3 is 1. The van der Waals surface area contributed by atoms with Gasteiger partial charge < -0.3 is 9.30 Å². The predicted octanol–water partition coefficient (Wildman–Crippen LogP) is 5.38. The molecule has 2 aromatic carbocycles. The maximum absolute atomic E-state index is 14.3. The summed E-state index contributed by atoms with van der Waals surface area (Å²) < 4.78 is 76.0. The summed E-state index contributed by atoms with van der Waals surface area (Å²) in [6, 6.07) is 8.40. The number of rotatable bonds is 4. The number of halogens is 5. The van der Waals surface area contributed by atoms with Crippen LogP contribution >= 0.6 is 0 Å². The number of hydrazone groups is 1. The fourth-order valence-electron chi connectivity index (χ4n) is 3.99. The van der Waals surface area contributed by atoms with Crippen molar-refractivity contribution in [3.05, 3.63) is 87.5 Å². The van der Waals surface area contributed by atoms with Crippen LogP contribution in [-0.4, -0.2) is 29.3 Å². The van der Waals surface area contributed by atoms with Gasteiger partial charge in [0.15, 0.2) is 23.3 Å². The second-order valence-electron chi connectivity index (χ2n) is 7.98. The third-order valence-electron chi connectivity index (χ3n) is 5.76. The van der Waals surface area contributed by atoms with Crippen LogP contribution in [0, 0.1) is 42.9 Å². The molecular weight excluding hydrogens is 485 g/mol. The average Bonchev–Trinajstić information content (AvgIpc) is 3.30. The van der Waals surface area contributed by atoms with Gasteiger partial charge in [-0.05, 0) is 56.7 Å². The standard InChI is InChI=1S/C25H18F5N3O3/c1-11-8-15(13(3)32(11)16-7-5-6-14(9-16)25(35)36-4)10-17-12(2)31-33(24(17)34)23-21(29)19(27)18(26)20(28)22(23)30/h5-10H,1-4H3/b17-10+. The van der Waals surface area contributed by atoms with Crippen molar-refractivity contribution < 1.29 is 36.3 Å². The van der Waals surface area contributed by atoms with E-state index in [0.717, 1.165) is 5.69 Å². The van der Waals surface area contributed by atoms with Crippen molar-refractivity contribution in [3.8, 4) is 5.69 Å². The number of ether oxygens (including phenoxy) is 1. The SMILES string of the molecule is COC(=O)c1cccc(-n2c(C)cc(/C=C3/C(=O)N(c4c(F)c(F)c(F)c(F)c4F)N=C3C)c2C)c1. The fourth-order valence-corrected chi connectivity index (χ4v) is 3.99. The monoisotopic (exact) mass is 503 g/mol. The first-order valence-electron chi connectivity index (χ1n) is 10.5. The first kappa shape index (κ1) is 24.8. The fraction of sp³-hybridized carbons (Fsp3) is 0.160. The third-order valence-corrected chi connectivity index (χ3v) is 5.76. The lowest BCUT2D eigenvalue weighted by Crippen LogP contribution is -2.25. The molecule has 36 heavy (non-hydrogen) atoms. The third kappa shape index (κ3) is 3.86. The molecule has 0 radical (unpaired) electrons. The minimum Gasteiger partial charge on any atom is -0.465 e. The zero-order valence-corrected chi connectivity index (χ0v) is 19.4. The van der Waals surface area contributed by atoms with Gasteiger partial charge in [-0.3, -0.25) is 4.79 Å². The van der Waals surface area contributed by atoms with Crippen molar-refractivity contribution in [2.75, 3.05) is 12.1 Å². The lowest BCUT2D eigenvalue weighted by Gasteiger charge is -2.15. The largest absolute Gasteiger partial charge is 0.465 e. The number of hydrogen-bond donors (Lipinski definition) is 0. The number of nitrogens with zero attached hydrogens (tertiary/aromatic N) is 3. The molecule has 11 heteroatoms. The Hall–Kier alpha value is -4.28. The minimum absolute atomic E-state index is 0.0152. The van der Waals surface area contributed by atoms with Crippen molar-refractivity contribution in [1.82, 2.24) is 4.57 Å². The summed E-state index contributed by atoms with van der Waals surface area (Å²) in [6.45, 7) is 4.91. The molecule has 6 nitrogen and oxygen atoms in total. The van der Waals surface area contributed by atoms with Crippen LogP contribution in [0.25, 0.3) is 11.8 Å². The molecule has 0 fully saturated rings. The quantitative estimate of drug-likeness (QED) is 0.158. The van der Waals surface area contributed by atoms with Crippen LogP contribution in [-0.2, 0) is 9.53 Å². The van der Waals surface area contributed by atoms with Gasteiger partial charge in [0.25, 0.3) is 5.91 Å². The highest BCUT2D eigenvalue weighted by molar-refractivity contribution is 6.32. The molecule has 0 aliphatic carbocycles. The predicted molar refractivity (Wildman–Crippen MR) is 121 cm³/mol. The summed E-state index contributed by atoms with van der Waals surface area (Å²) in [6.07, 6.45) is 1.41. The molecule has 0 bridgehead atoms. The average molecular weight is 503 g/mol. The lowest BCUT2D eigenvalue weighted by atomic mass is 10.1. The molecule has 0 spiro atoms. The van der Waals surface area contributed by atoms with Crippen LogP contribution in [0.5, 0.6) is 0 Å². The minimum atomic E-state index is -2.33. The maximum Gasteiger partial charge on any atom is 0.337 e. The summed E-state index contributed by atoms with van der Waals surface area (Å²) in [5.74, 6) is -12.6. The van der Waals surface area contributed by atoms with Crippen molar-refractivity contribution in [3.63, 3.8) is 0 Å². The van der Waals surface area contributed by atoms with E-state index >= 15 is 0 Å². The molecule has 0 saturated heterocycles. The molecule has 0 unspecified atom stereocenters. The number of benzene rings is 2. The summed E-state index contributed by atoms with van der Waals surface area (Å²) in [5.41, 5.74) is 1.36. The number of aryl methyl sites for hydroxylation is 1. The smallest absolute Gasteiger partial charge is 0.337 e. The molecule has 1 aromatic heterocycles. The normalized spacial score (nSPS) is 14.6. The number of carbonyl (C=O) groups is 2. The molecule has 0 saturated carbocycles. The van der Waals surface area contributed by atoms with Gasteiger partial charge in [0.2, 0.25) is 5.82 Å². The van der Waals surface area contributed by atoms with Crippen molar-refractivity contribution in [2.45, 2.75) is 20.8 Å². The van der Waals surface area contributed by atoms with Gasteiger partial charge in [-0.2, -0.15) is 10.1 Å². The van der Waals surface area contributed by atoms with Gasteiger partial charge in [-0.1, -0.05) is 6.07 Å². The second-order valence-corrected chi connectivity index (χ2v) is 7.98. The molecule has 0 N–H and O–H groups in total. The Bertz CT molecular complexity index is 1480. The van der Waals surface area contributed by atoms with E-state index in [9.17, 15) is 31.5 Å². The Balaban J connectivity index is 1.76. The molecule has 4 rings (SSSR count). The highest BCUT2D eigenvalue weighted by atomic mass is 19.2. The Morgan fingerprint density at radius 3 is 2.17 bits per heavy atom. The van der Waals surface area contributed by atoms with E-state index < -0.39 is 46.6 Å². The Morgan fingerprint density at radius 2 is 1.56 bits per heavy atom. The van der Waals surface area contributed by atoms with Crippen LogP contribution in [0.4, 0.5) is 27.6 Å². The number of anilines is 1. The maximum atomic E-state index is 14.3. The van der Waals surface area contributed by atoms with Gasteiger partial charge >= 0.3 is 5.97 Å². The van der Waals surface area contributed by atoms with E-state index in [1.165, 1.54) is 20.1 Å². The highest BCUT2D eigenvalue weighted by Gasteiger charge is 2.37. The second kappa shape index (κ2) is 9.06. The van der Waals surface area contributed by atoms with E-state index in [1.807, 2.05) is 4.57 Å². The molecule has 186 valence electrons. The zero-order valence-electron chi connectivity index (χ0n) is 19.4. The van der Waals surface area contributed by atoms with Crippen LogP contribution in [0.15, 0.2) is 41.0 Å². The van der Waals surface area contributed by atoms with Crippen molar-refractivity contribution in [2.24, 2.45) is 5.10 Å². The van der Waals surface area contributed by atoms with E-state index in [4.69, 9.17) is 4.74 Å². The molecule has 1 aliphatic rings. The number of amides is 1. The lowest BCUT2D eigenvalue weighted by molar-refractivity contribution is -0.114. The summed E-state index contributed by atoms with van der Waals surface area (Å²) >= 11 is 0. The number of carbonyl (C=O) groups excluding carboxylic acids is 2. The Labute approximate surface area is 201 Å². The summed E-state index contributed by atoms with van der Waals surface area (Å²) in [7, 11) is 1.27. The van der Waals surface area contributed by atoms with Crippen molar-refractivity contribution in [1.29, 1.82) is 0 Å². The van der Waals surface area contributed by atoms with Crippen LogP contribution in [0.3, 0.4) is 0 Å². The topological polar surface area (TPSA) is 63.9 Å². The molecule has 0 atom stereocenters. The highest BCUT2D eigenvalue weighted by Crippen LogP contribution is 2.34. The summed E-state index contributed by atoms with van der Waals surface area (Å²) in [5, 5.41) is 3.91. The summed E-state index contributed by atoms with van der Waals surface area (Å²) in [4.78, 5) is 24.9. The Kier molecular flexibility index (Phi) is 6.25. The van der Waals surface area contributed by atoms with Crippen LogP contribution in [0.1, 0.15) is 34.2 Å². The Morgan fingerprint density at radius 1 is 0.944 bits per heavy atom. The van der Waals surface area contributed by atoms with Crippen LogP contribution in [0.2, 0.25) is 0 Å². The first-order chi connectivity index (χ1) is 17.0. The molecule has 1 amide bonds. The van der Waals surface area contributed by atoms with Crippen LogP contribution < -0.4 is 5.01 Å². The van der Waals surface area contributed by atoms with Gasteiger partial charge in [0.05, 0.1) is 24.0 Å². The van der Waals surface area contributed by atoms with Crippen molar-refractivity contribution >= 4 is 29.4 Å². The molecule has 3 aromatic rings. The number of esters is 1. The van der Waals surface area contributed by atoms with Gasteiger partial charge in [-0.15, -0.1) is 0 Å². The zero-order chi connectivity index (χ0) is 26.5. The van der Waals surface area contributed by atoms with E-state index in [1.54, 1.807) is 44.2 Å². The molecule has 2 heterocycles. The number of hydrogen-bond acceptors (Lipinski definition) is 4. The molecular formula is C25H18F5N3O3. The molecule has 1 aliphatic heterocycles. The van der Waals surface area contributed by atoms with Gasteiger partial charge in [-0.25, -0.2) is 26.7 Å². The first-order valence-corrected chi connectivity index (χ1v) is 10.5. The number of aromatic nitrogens is 1. The van der Waals surface area contributed by atoms with Gasteiger partial charge in [0.1, 0.15) is 5.69 Å².